The normalized spacial score (nSPS) is 13.5. The molecular formula is C12H15NO5. The summed E-state index contributed by atoms with van der Waals surface area (Å²) in [6.45, 7) is 1.62. The highest BCUT2D eigenvalue weighted by Crippen LogP contribution is 2.24. The number of carbonyl (C=O) groups excluding carboxylic acids is 1. The van der Waals surface area contributed by atoms with Crippen molar-refractivity contribution in [2.45, 2.75) is 18.9 Å². The Balaban J connectivity index is 2.97. The molecule has 0 saturated heterocycles. The SMILES string of the molecule is COC(=O)C(C(C)c1ccc(OC)cc1)[N+](=O)[O-]. The molecule has 0 fully saturated rings. The topological polar surface area (TPSA) is 78.7 Å². The number of carbonyl (C=O) groups is 1. The minimum absolute atomic E-state index is 0.571. The molecule has 0 aliphatic carbocycles. The molecule has 0 N–H and O–H groups in total. The van der Waals surface area contributed by atoms with Gasteiger partial charge in [0.25, 0.3) is 0 Å². The van der Waals surface area contributed by atoms with E-state index in [4.69, 9.17) is 4.74 Å². The second-order valence-electron chi connectivity index (χ2n) is 3.82. The molecule has 6 nitrogen and oxygen atoms in total. The zero-order valence-corrected chi connectivity index (χ0v) is 10.5. The Kier molecular flexibility index (Phi) is 4.65. The molecule has 0 heterocycles. The van der Waals surface area contributed by atoms with Crippen molar-refractivity contribution in [3.05, 3.63) is 39.9 Å². The van der Waals surface area contributed by atoms with Crippen molar-refractivity contribution in [3.63, 3.8) is 0 Å². The van der Waals surface area contributed by atoms with Gasteiger partial charge in [-0.1, -0.05) is 19.1 Å². The van der Waals surface area contributed by atoms with E-state index in [1.54, 1.807) is 31.2 Å². The first-order valence-electron chi connectivity index (χ1n) is 5.36. The zero-order valence-electron chi connectivity index (χ0n) is 10.5. The van der Waals surface area contributed by atoms with Crippen LogP contribution < -0.4 is 4.74 Å². The minimum atomic E-state index is -1.40. The van der Waals surface area contributed by atoms with Crippen molar-refractivity contribution in [1.29, 1.82) is 0 Å². The summed E-state index contributed by atoms with van der Waals surface area (Å²) in [4.78, 5) is 21.7. The molecule has 0 aliphatic heterocycles. The zero-order chi connectivity index (χ0) is 13.7. The molecule has 1 rings (SSSR count). The predicted octanol–water partition coefficient (Wildman–Crippen LogP) is 1.62. The van der Waals surface area contributed by atoms with E-state index in [1.165, 1.54) is 7.11 Å². The van der Waals surface area contributed by atoms with Gasteiger partial charge in [0, 0.05) is 4.92 Å². The molecule has 1 aromatic rings. The van der Waals surface area contributed by atoms with Gasteiger partial charge in [-0.2, -0.15) is 0 Å². The summed E-state index contributed by atoms with van der Waals surface area (Å²) in [7, 11) is 2.67. The molecule has 0 amide bonds. The molecule has 0 saturated carbocycles. The van der Waals surface area contributed by atoms with Crippen molar-refractivity contribution in [2.75, 3.05) is 14.2 Å². The van der Waals surface area contributed by atoms with E-state index in [1.807, 2.05) is 0 Å². The van der Waals surface area contributed by atoms with Crippen molar-refractivity contribution in [1.82, 2.24) is 0 Å². The van der Waals surface area contributed by atoms with Crippen LogP contribution in [0.3, 0.4) is 0 Å². The number of hydrogen-bond donors (Lipinski definition) is 0. The first-order chi connectivity index (χ1) is 8.51. The van der Waals surface area contributed by atoms with Gasteiger partial charge in [0.05, 0.1) is 20.1 Å². The molecule has 2 atom stereocenters. The van der Waals surface area contributed by atoms with Gasteiger partial charge in [0.1, 0.15) is 5.75 Å². The van der Waals surface area contributed by atoms with Gasteiger partial charge in [0.2, 0.25) is 0 Å². The molecule has 0 aromatic heterocycles. The average molecular weight is 253 g/mol. The van der Waals surface area contributed by atoms with Crippen LogP contribution in [0, 0.1) is 10.1 Å². The van der Waals surface area contributed by atoms with Crippen LogP contribution in [0.2, 0.25) is 0 Å². The van der Waals surface area contributed by atoms with E-state index in [9.17, 15) is 14.9 Å². The summed E-state index contributed by atoms with van der Waals surface area (Å²) in [5, 5.41) is 10.9. The van der Waals surface area contributed by atoms with E-state index in [0.29, 0.717) is 11.3 Å². The quantitative estimate of drug-likeness (QED) is 0.452. The third kappa shape index (κ3) is 2.97. The fourth-order valence-corrected chi connectivity index (χ4v) is 1.68. The number of rotatable bonds is 5. The van der Waals surface area contributed by atoms with Crippen LogP contribution in [0.4, 0.5) is 0 Å². The van der Waals surface area contributed by atoms with Crippen LogP contribution >= 0.6 is 0 Å². The van der Waals surface area contributed by atoms with Crippen molar-refractivity contribution in [3.8, 4) is 5.75 Å². The Labute approximate surface area is 105 Å². The van der Waals surface area contributed by atoms with Gasteiger partial charge < -0.3 is 9.47 Å². The number of esters is 1. The molecule has 98 valence electrons. The van der Waals surface area contributed by atoms with E-state index in [2.05, 4.69) is 4.74 Å². The van der Waals surface area contributed by atoms with Crippen LogP contribution in [-0.4, -0.2) is 31.2 Å². The summed E-state index contributed by atoms with van der Waals surface area (Å²) in [5.41, 5.74) is 0.683. The number of ether oxygens (including phenoxy) is 2. The molecule has 0 spiro atoms. The van der Waals surface area contributed by atoms with Crippen LogP contribution in [0.15, 0.2) is 24.3 Å². The summed E-state index contributed by atoms with van der Waals surface area (Å²) >= 11 is 0. The van der Waals surface area contributed by atoms with E-state index >= 15 is 0 Å². The van der Waals surface area contributed by atoms with Crippen molar-refractivity contribution in [2.24, 2.45) is 0 Å². The first kappa shape index (κ1) is 14.0. The van der Waals surface area contributed by atoms with Crippen molar-refractivity contribution < 1.29 is 19.2 Å². The van der Waals surface area contributed by atoms with Gasteiger partial charge in [0.15, 0.2) is 0 Å². The number of benzene rings is 1. The van der Waals surface area contributed by atoms with Gasteiger partial charge in [-0.3, -0.25) is 10.1 Å². The third-order valence-electron chi connectivity index (χ3n) is 2.78. The lowest BCUT2D eigenvalue weighted by Crippen LogP contribution is -2.35. The van der Waals surface area contributed by atoms with E-state index < -0.39 is 22.9 Å². The molecule has 0 radical (unpaired) electrons. The second kappa shape index (κ2) is 6.00. The molecule has 6 heteroatoms. The van der Waals surface area contributed by atoms with Crippen LogP contribution in [-0.2, 0) is 9.53 Å². The number of hydrogen-bond acceptors (Lipinski definition) is 5. The minimum Gasteiger partial charge on any atom is -0.497 e. The Hall–Kier alpha value is -2.11. The Morgan fingerprint density at radius 3 is 2.22 bits per heavy atom. The van der Waals surface area contributed by atoms with E-state index in [-0.39, 0.29) is 0 Å². The van der Waals surface area contributed by atoms with Gasteiger partial charge in [-0.05, 0) is 17.7 Å². The van der Waals surface area contributed by atoms with Gasteiger partial charge in [-0.25, -0.2) is 4.79 Å². The Morgan fingerprint density at radius 2 is 1.83 bits per heavy atom. The van der Waals surface area contributed by atoms with Gasteiger partial charge >= 0.3 is 12.0 Å². The maximum absolute atomic E-state index is 11.4. The lowest BCUT2D eigenvalue weighted by atomic mass is 9.93. The molecule has 18 heavy (non-hydrogen) atoms. The second-order valence-corrected chi connectivity index (χ2v) is 3.82. The fraction of sp³-hybridized carbons (Fsp3) is 0.417. The fourth-order valence-electron chi connectivity index (χ4n) is 1.68. The predicted molar refractivity (Wildman–Crippen MR) is 64.2 cm³/mol. The average Bonchev–Trinajstić information content (AvgIpc) is 2.38. The number of nitro groups is 1. The summed E-state index contributed by atoms with van der Waals surface area (Å²) < 4.78 is 9.46. The van der Waals surface area contributed by atoms with Crippen molar-refractivity contribution >= 4 is 5.97 Å². The smallest absolute Gasteiger partial charge is 0.382 e. The highest BCUT2D eigenvalue weighted by atomic mass is 16.6. The van der Waals surface area contributed by atoms with Crippen LogP contribution in [0.25, 0.3) is 0 Å². The third-order valence-corrected chi connectivity index (χ3v) is 2.78. The van der Waals surface area contributed by atoms with Gasteiger partial charge in [-0.15, -0.1) is 0 Å². The molecule has 1 aromatic carbocycles. The number of methoxy groups -OCH3 is 2. The number of nitrogens with zero attached hydrogens (tertiary/aromatic N) is 1. The molecule has 2 unspecified atom stereocenters. The standard InChI is InChI=1S/C12H15NO5/c1-8(11(13(15)16)12(14)18-3)9-4-6-10(17-2)7-5-9/h4-8,11H,1-3H3. The largest absolute Gasteiger partial charge is 0.497 e. The Morgan fingerprint density at radius 1 is 1.28 bits per heavy atom. The lowest BCUT2D eigenvalue weighted by molar-refractivity contribution is -0.513. The maximum atomic E-state index is 11.4. The van der Waals surface area contributed by atoms with E-state index in [0.717, 1.165) is 7.11 Å². The Bertz CT molecular complexity index is 429. The van der Waals surface area contributed by atoms with Crippen LogP contribution in [0.1, 0.15) is 18.4 Å². The highest BCUT2D eigenvalue weighted by molar-refractivity contribution is 5.75. The maximum Gasteiger partial charge on any atom is 0.382 e. The lowest BCUT2D eigenvalue weighted by Gasteiger charge is -2.15. The molecular weight excluding hydrogens is 238 g/mol. The monoisotopic (exact) mass is 253 g/mol. The molecule has 0 bridgehead atoms. The van der Waals surface area contributed by atoms with Crippen LogP contribution in [0.5, 0.6) is 5.75 Å². The summed E-state index contributed by atoms with van der Waals surface area (Å²) in [6, 6.07) is 5.38. The molecule has 0 aliphatic rings. The summed E-state index contributed by atoms with van der Waals surface area (Å²) in [6.07, 6.45) is 0. The first-order valence-corrected chi connectivity index (χ1v) is 5.36. The summed E-state index contributed by atoms with van der Waals surface area (Å²) in [5.74, 6) is -0.761. The highest BCUT2D eigenvalue weighted by Gasteiger charge is 2.37.